The minimum Gasteiger partial charge on any atom is -0.378 e. The molecule has 1 heterocycles. The van der Waals surface area contributed by atoms with Crippen molar-refractivity contribution in [3.8, 4) is 0 Å². The predicted molar refractivity (Wildman–Crippen MR) is 63.0 cm³/mol. The van der Waals surface area contributed by atoms with Gasteiger partial charge in [0.25, 0.3) is 0 Å². The maximum absolute atomic E-state index is 8.50. The van der Waals surface area contributed by atoms with Crippen molar-refractivity contribution in [2.75, 3.05) is 5.32 Å². The Balaban J connectivity index is 2.01. The van der Waals surface area contributed by atoms with E-state index >= 15 is 0 Å². The van der Waals surface area contributed by atoms with Crippen molar-refractivity contribution in [1.82, 2.24) is 0 Å². The third-order valence-electron chi connectivity index (χ3n) is 2.79. The second-order valence-corrected chi connectivity index (χ2v) is 3.80. The summed E-state index contributed by atoms with van der Waals surface area (Å²) in [5, 5.41) is 3.29. The Hall–Kier alpha value is -1.76. The van der Waals surface area contributed by atoms with Crippen molar-refractivity contribution in [1.29, 1.82) is 0 Å². The van der Waals surface area contributed by atoms with Gasteiger partial charge in [-0.05, 0) is 23.6 Å². The Kier molecular flexibility index (Phi) is 1.72. The summed E-state index contributed by atoms with van der Waals surface area (Å²) in [6.07, 6.45) is 0.729. The van der Waals surface area contributed by atoms with E-state index in [0.717, 1.165) is 17.7 Å². The van der Waals surface area contributed by atoms with Gasteiger partial charge in [0, 0.05) is 5.69 Å². The number of hydrogen-bond acceptors (Lipinski definition) is 1. The molecule has 15 heavy (non-hydrogen) atoms. The molecule has 1 heteroatoms. The molecular weight excluding hydrogens is 182 g/mol. The molecule has 1 aliphatic rings. The van der Waals surface area contributed by atoms with Crippen molar-refractivity contribution in [3.05, 3.63) is 65.7 Å². The van der Waals surface area contributed by atoms with Gasteiger partial charge in [-0.25, -0.2) is 0 Å². The van der Waals surface area contributed by atoms with E-state index in [4.69, 9.17) is 1.37 Å². The van der Waals surface area contributed by atoms with Crippen LogP contribution in [0.5, 0.6) is 0 Å². The molecule has 2 aromatic rings. The summed E-state index contributed by atoms with van der Waals surface area (Å²) in [7, 11) is 0. The van der Waals surface area contributed by atoms with Gasteiger partial charge in [0.05, 0.1) is 7.39 Å². The molecule has 74 valence electrons. The molecule has 0 saturated heterocycles. The van der Waals surface area contributed by atoms with Crippen molar-refractivity contribution >= 4 is 5.69 Å². The highest BCUT2D eigenvalue weighted by molar-refractivity contribution is 5.57. The highest BCUT2D eigenvalue weighted by Gasteiger charge is 2.20. The minimum absolute atomic E-state index is 0.703. The van der Waals surface area contributed by atoms with Crippen LogP contribution < -0.4 is 5.32 Å². The number of benzene rings is 2. The zero-order valence-electron chi connectivity index (χ0n) is 9.40. The maximum Gasteiger partial charge on any atom is 0.0582 e. The number of fused-ring (bicyclic) bond motifs is 1. The third-order valence-corrected chi connectivity index (χ3v) is 2.79. The number of nitrogens with one attached hydrogen (secondary N) is 1. The van der Waals surface area contributed by atoms with Crippen molar-refractivity contribution in [2.24, 2.45) is 0 Å². The average molecular weight is 196 g/mol. The van der Waals surface area contributed by atoms with E-state index in [1.54, 1.807) is 0 Å². The predicted octanol–water partition coefficient (Wildman–Crippen LogP) is 3.40. The van der Waals surface area contributed by atoms with Gasteiger partial charge in [-0.1, -0.05) is 48.5 Å². The Morgan fingerprint density at radius 1 is 1.00 bits per heavy atom. The topological polar surface area (TPSA) is 12.0 Å². The number of hydrogen-bond donors (Lipinski definition) is 1. The SMILES string of the molecule is [2H]C1(c2ccccc2)Cc2ccccc2N1. The van der Waals surface area contributed by atoms with Crippen LogP contribution >= 0.6 is 0 Å². The molecule has 0 aromatic heterocycles. The summed E-state index contributed by atoms with van der Waals surface area (Å²) in [6, 6.07) is 17.4. The van der Waals surface area contributed by atoms with Crippen molar-refractivity contribution in [3.63, 3.8) is 0 Å². The van der Waals surface area contributed by atoms with Crippen LogP contribution in [0, 0.1) is 0 Å². The largest absolute Gasteiger partial charge is 0.378 e. The molecule has 1 N–H and O–H groups in total. The normalized spacial score (nSPS) is 24.1. The number of rotatable bonds is 1. The summed E-state index contributed by atoms with van der Waals surface area (Å²) < 4.78 is 8.50. The van der Waals surface area contributed by atoms with E-state index < -0.39 is 6.02 Å². The third kappa shape index (κ3) is 1.50. The van der Waals surface area contributed by atoms with Gasteiger partial charge in [0.2, 0.25) is 0 Å². The molecular formula is C14H13N. The molecule has 0 radical (unpaired) electrons. The fourth-order valence-corrected chi connectivity index (χ4v) is 2.01. The fraction of sp³-hybridized carbons (Fsp3) is 0.143. The van der Waals surface area contributed by atoms with Gasteiger partial charge in [-0.15, -0.1) is 0 Å². The van der Waals surface area contributed by atoms with Gasteiger partial charge in [-0.2, -0.15) is 0 Å². The summed E-state index contributed by atoms with van der Waals surface area (Å²) >= 11 is 0. The van der Waals surface area contributed by atoms with Gasteiger partial charge >= 0.3 is 0 Å². The Morgan fingerprint density at radius 3 is 2.53 bits per heavy atom. The molecule has 0 fully saturated rings. The highest BCUT2D eigenvalue weighted by Crippen LogP contribution is 2.33. The monoisotopic (exact) mass is 196 g/mol. The first kappa shape index (κ1) is 7.52. The van der Waals surface area contributed by atoms with E-state index in [1.165, 1.54) is 5.56 Å². The molecule has 1 nitrogen and oxygen atoms in total. The lowest BCUT2D eigenvalue weighted by Crippen LogP contribution is -2.04. The van der Waals surface area contributed by atoms with Crippen LogP contribution in [-0.4, -0.2) is 0 Å². The standard InChI is InChI=1S/C14H13N/c1-2-6-11(7-3-1)14-10-12-8-4-5-9-13(12)15-14/h1-9,14-15H,10H2/i14D. The zero-order valence-corrected chi connectivity index (χ0v) is 8.40. The smallest absolute Gasteiger partial charge is 0.0582 e. The number of anilines is 1. The quantitative estimate of drug-likeness (QED) is 0.737. The van der Waals surface area contributed by atoms with Crippen LogP contribution in [0.25, 0.3) is 0 Å². The zero-order chi connectivity index (χ0) is 11.0. The molecule has 0 aliphatic carbocycles. The Morgan fingerprint density at radius 2 is 1.73 bits per heavy atom. The lowest BCUT2D eigenvalue weighted by atomic mass is 10.0. The lowest BCUT2D eigenvalue weighted by molar-refractivity contribution is 0.824. The van der Waals surface area contributed by atoms with Gasteiger partial charge in [0.1, 0.15) is 0 Å². The Labute approximate surface area is 91.2 Å². The molecule has 1 unspecified atom stereocenters. The van der Waals surface area contributed by atoms with Gasteiger partial charge in [0.15, 0.2) is 0 Å². The van der Waals surface area contributed by atoms with Crippen LogP contribution in [0.15, 0.2) is 54.6 Å². The van der Waals surface area contributed by atoms with Crippen LogP contribution in [0.2, 0.25) is 0 Å². The van der Waals surface area contributed by atoms with E-state index in [1.807, 2.05) is 48.5 Å². The summed E-state index contributed by atoms with van der Waals surface area (Å²) in [5.74, 6) is 0. The molecule has 3 rings (SSSR count). The molecule has 1 atom stereocenters. The van der Waals surface area contributed by atoms with Crippen LogP contribution in [0.4, 0.5) is 5.69 Å². The molecule has 1 aliphatic heterocycles. The number of para-hydroxylation sites is 1. The molecule has 0 bridgehead atoms. The van der Waals surface area contributed by atoms with Crippen LogP contribution in [0.3, 0.4) is 0 Å². The van der Waals surface area contributed by atoms with E-state index in [-0.39, 0.29) is 0 Å². The van der Waals surface area contributed by atoms with Crippen LogP contribution in [-0.2, 0) is 6.42 Å². The van der Waals surface area contributed by atoms with Crippen molar-refractivity contribution < 1.29 is 1.37 Å². The van der Waals surface area contributed by atoms with Crippen LogP contribution in [0.1, 0.15) is 18.5 Å². The van der Waals surface area contributed by atoms with E-state index in [0.29, 0.717) is 0 Å². The summed E-state index contributed by atoms with van der Waals surface area (Å²) in [6.45, 7) is 0. The average Bonchev–Trinajstić information content (AvgIpc) is 2.68. The van der Waals surface area contributed by atoms with E-state index in [2.05, 4.69) is 11.4 Å². The molecule has 2 aromatic carbocycles. The first-order valence-corrected chi connectivity index (χ1v) is 5.20. The first-order valence-electron chi connectivity index (χ1n) is 5.70. The summed E-state index contributed by atoms with van der Waals surface area (Å²) in [4.78, 5) is 0. The fourth-order valence-electron chi connectivity index (χ4n) is 2.01. The molecule has 0 spiro atoms. The second kappa shape index (κ2) is 3.43. The molecule has 0 saturated carbocycles. The van der Waals surface area contributed by atoms with E-state index in [9.17, 15) is 0 Å². The summed E-state index contributed by atoms with van der Waals surface area (Å²) in [5.41, 5.74) is 3.33. The van der Waals surface area contributed by atoms with Gasteiger partial charge < -0.3 is 5.32 Å². The Bertz CT molecular complexity index is 482. The lowest BCUT2D eigenvalue weighted by Gasteiger charge is -2.10. The minimum atomic E-state index is -0.703. The molecule has 0 amide bonds. The maximum atomic E-state index is 8.50. The highest BCUT2D eigenvalue weighted by atomic mass is 14.9. The van der Waals surface area contributed by atoms with Gasteiger partial charge in [-0.3, -0.25) is 0 Å². The first-order chi connectivity index (χ1) is 7.78. The van der Waals surface area contributed by atoms with Crippen molar-refractivity contribution in [2.45, 2.75) is 12.4 Å². The second-order valence-electron chi connectivity index (χ2n) is 3.80.